The summed E-state index contributed by atoms with van der Waals surface area (Å²) in [6.45, 7) is 3.21. The molecule has 2 unspecified atom stereocenters. The molecule has 116 valence electrons. The predicted molar refractivity (Wildman–Crippen MR) is 87.4 cm³/mol. The molecular formula is C19H29NO. The molecule has 2 fully saturated rings. The van der Waals surface area contributed by atoms with Gasteiger partial charge >= 0.3 is 0 Å². The van der Waals surface area contributed by atoms with E-state index >= 15 is 0 Å². The standard InChI is InChI=1S/C19H29NO/c1-2-18(16-9-5-3-6-10-16)20-17-11-14-21-19(15-17)12-7-4-8-13-19/h3,5-6,9-10,17-18,20H,2,4,7-8,11-15H2,1H3. The lowest BCUT2D eigenvalue weighted by atomic mass is 9.78. The van der Waals surface area contributed by atoms with Gasteiger partial charge in [0.25, 0.3) is 0 Å². The van der Waals surface area contributed by atoms with Crippen molar-refractivity contribution in [1.29, 1.82) is 0 Å². The van der Waals surface area contributed by atoms with Crippen LogP contribution >= 0.6 is 0 Å². The van der Waals surface area contributed by atoms with Crippen LogP contribution in [-0.4, -0.2) is 18.2 Å². The van der Waals surface area contributed by atoms with E-state index in [1.165, 1.54) is 44.1 Å². The Hall–Kier alpha value is -0.860. The lowest BCUT2D eigenvalue weighted by Gasteiger charge is -2.44. The normalized spacial score (nSPS) is 26.6. The van der Waals surface area contributed by atoms with Gasteiger partial charge in [-0.15, -0.1) is 0 Å². The van der Waals surface area contributed by atoms with E-state index in [2.05, 4.69) is 42.6 Å². The van der Waals surface area contributed by atoms with Crippen molar-refractivity contribution in [2.75, 3.05) is 6.61 Å². The number of benzene rings is 1. The molecule has 1 aromatic rings. The number of hydrogen-bond acceptors (Lipinski definition) is 2. The van der Waals surface area contributed by atoms with Crippen molar-refractivity contribution in [3.63, 3.8) is 0 Å². The Morgan fingerprint density at radius 1 is 1.19 bits per heavy atom. The van der Waals surface area contributed by atoms with Gasteiger partial charge in [-0.05, 0) is 37.7 Å². The van der Waals surface area contributed by atoms with Crippen LogP contribution in [0.3, 0.4) is 0 Å². The predicted octanol–water partition coefficient (Wildman–Crippen LogP) is 4.61. The van der Waals surface area contributed by atoms with Crippen molar-refractivity contribution in [1.82, 2.24) is 5.32 Å². The third kappa shape index (κ3) is 3.67. The molecule has 2 nitrogen and oxygen atoms in total. The zero-order valence-corrected chi connectivity index (χ0v) is 13.3. The van der Waals surface area contributed by atoms with E-state index < -0.39 is 0 Å². The zero-order valence-electron chi connectivity index (χ0n) is 13.3. The summed E-state index contributed by atoms with van der Waals surface area (Å²) in [5, 5.41) is 3.91. The lowest BCUT2D eigenvalue weighted by Crippen LogP contribution is -2.48. The molecule has 2 aliphatic rings. The Balaban J connectivity index is 1.63. The topological polar surface area (TPSA) is 21.3 Å². The van der Waals surface area contributed by atoms with Gasteiger partial charge in [-0.25, -0.2) is 0 Å². The maximum absolute atomic E-state index is 6.22. The molecule has 1 saturated heterocycles. The number of rotatable bonds is 4. The Kier molecular flexibility index (Phi) is 4.97. The number of hydrogen-bond donors (Lipinski definition) is 1. The quantitative estimate of drug-likeness (QED) is 0.873. The van der Waals surface area contributed by atoms with Gasteiger partial charge in [0.1, 0.15) is 0 Å². The third-order valence-corrected chi connectivity index (χ3v) is 5.30. The fraction of sp³-hybridized carbons (Fsp3) is 0.684. The highest BCUT2D eigenvalue weighted by atomic mass is 16.5. The van der Waals surface area contributed by atoms with Gasteiger partial charge in [-0.1, -0.05) is 56.5 Å². The smallest absolute Gasteiger partial charge is 0.0697 e. The fourth-order valence-electron chi connectivity index (χ4n) is 4.13. The fourth-order valence-corrected chi connectivity index (χ4v) is 4.13. The first-order valence-corrected chi connectivity index (χ1v) is 8.76. The Bertz CT molecular complexity index is 419. The van der Waals surface area contributed by atoms with E-state index in [4.69, 9.17) is 4.74 Å². The number of ether oxygens (including phenoxy) is 1. The molecule has 3 rings (SSSR count). The maximum Gasteiger partial charge on any atom is 0.0697 e. The molecule has 21 heavy (non-hydrogen) atoms. The van der Waals surface area contributed by atoms with E-state index in [1.807, 2.05) is 0 Å². The summed E-state index contributed by atoms with van der Waals surface area (Å²) in [6.07, 6.45) is 10.1. The first-order valence-electron chi connectivity index (χ1n) is 8.76. The van der Waals surface area contributed by atoms with Crippen molar-refractivity contribution >= 4 is 0 Å². The van der Waals surface area contributed by atoms with Crippen LogP contribution in [0.1, 0.15) is 69.9 Å². The minimum atomic E-state index is 0.198. The molecule has 2 heteroatoms. The molecule has 0 aromatic heterocycles. The molecular weight excluding hydrogens is 258 g/mol. The molecule has 1 aliphatic heterocycles. The monoisotopic (exact) mass is 287 g/mol. The summed E-state index contributed by atoms with van der Waals surface area (Å²) in [4.78, 5) is 0. The largest absolute Gasteiger partial charge is 0.375 e. The van der Waals surface area contributed by atoms with E-state index in [-0.39, 0.29) is 5.60 Å². The molecule has 0 radical (unpaired) electrons. The van der Waals surface area contributed by atoms with Crippen molar-refractivity contribution < 1.29 is 4.74 Å². The van der Waals surface area contributed by atoms with Gasteiger partial charge < -0.3 is 10.1 Å². The second kappa shape index (κ2) is 6.93. The molecule has 1 aromatic carbocycles. The molecule has 1 N–H and O–H groups in total. The summed E-state index contributed by atoms with van der Waals surface area (Å²) in [6, 6.07) is 12.0. The second-order valence-corrected chi connectivity index (χ2v) is 6.82. The molecule has 1 saturated carbocycles. The van der Waals surface area contributed by atoms with Gasteiger partial charge in [-0.3, -0.25) is 0 Å². The van der Waals surface area contributed by atoms with E-state index in [0.717, 1.165) is 19.4 Å². The van der Waals surface area contributed by atoms with Crippen LogP contribution in [0.15, 0.2) is 30.3 Å². The highest BCUT2D eigenvalue weighted by Gasteiger charge is 2.38. The van der Waals surface area contributed by atoms with Gasteiger partial charge in [0.2, 0.25) is 0 Å². The van der Waals surface area contributed by atoms with Crippen LogP contribution < -0.4 is 5.32 Å². The highest BCUT2D eigenvalue weighted by molar-refractivity contribution is 5.19. The maximum atomic E-state index is 6.22. The van der Waals surface area contributed by atoms with Crippen LogP contribution in [0.5, 0.6) is 0 Å². The summed E-state index contributed by atoms with van der Waals surface area (Å²) < 4.78 is 6.22. The Morgan fingerprint density at radius 2 is 1.95 bits per heavy atom. The van der Waals surface area contributed by atoms with Crippen LogP contribution in [0, 0.1) is 0 Å². The first-order chi connectivity index (χ1) is 10.3. The van der Waals surface area contributed by atoms with Crippen LogP contribution in [0.4, 0.5) is 0 Å². The van der Waals surface area contributed by atoms with Gasteiger partial charge in [-0.2, -0.15) is 0 Å². The summed E-state index contributed by atoms with van der Waals surface area (Å²) in [5.41, 5.74) is 1.62. The molecule has 1 spiro atoms. The Morgan fingerprint density at radius 3 is 2.67 bits per heavy atom. The first kappa shape index (κ1) is 15.1. The van der Waals surface area contributed by atoms with Crippen molar-refractivity contribution in [2.45, 2.75) is 76.0 Å². The number of nitrogens with one attached hydrogen (secondary N) is 1. The lowest BCUT2D eigenvalue weighted by molar-refractivity contribution is -0.110. The molecule has 0 bridgehead atoms. The molecule has 1 aliphatic carbocycles. The van der Waals surface area contributed by atoms with Crippen LogP contribution in [0.25, 0.3) is 0 Å². The molecule has 2 atom stereocenters. The average molecular weight is 287 g/mol. The highest BCUT2D eigenvalue weighted by Crippen LogP contribution is 2.39. The Labute approximate surface area is 129 Å². The van der Waals surface area contributed by atoms with E-state index in [1.54, 1.807) is 0 Å². The molecule has 1 heterocycles. The summed E-state index contributed by atoms with van der Waals surface area (Å²) >= 11 is 0. The van der Waals surface area contributed by atoms with E-state index in [9.17, 15) is 0 Å². The molecule has 0 amide bonds. The van der Waals surface area contributed by atoms with Crippen LogP contribution in [0.2, 0.25) is 0 Å². The van der Waals surface area contributed by atoms with Crippen LogP contribution in [-0.2, 0) is 4.74 Å². The van der Waals surface area contributed by atoms with E-state index in [0.29, 0.717) is 12.1 Å². The second-order valence-electron chi connectivity index (χ2n) is 6.82. The minimum Gasteiger partial charge on any atom is -0.375 e. The average Bonchev–Trinajstić information content (AvgIpc) is 2.54. The summed E-state index contributed by atoms with van der Waals surface area (Å²) in [5.74, 6) is 0. The van der Waals surface area contributed by atoms with Gasteiger partial charge in [0.15, 0.2) is 0 Å². The summed E-state index contributed by atoms with van der Waals surface area (Å²) in [7, 11) is 0. The minimum absolute atomic E-state index is 0.198. The SMILES string of the molecule is CCC(NC1CCOC2(CCCCC2)C1)c1ccccc1. The van der Waals surface area contributed by atoms with Crippen molar-refractivity contribution in [3.8, 4) is 0 Å². The van der Waals surface area contributed by atoms with Gasteiger partial charge in [0.05, 0.1) is 5.60 Å². The zero-order chi connectivity index (χ0) is 14.5. The third-order valence-electron chi connectivity index (χ3n) is 5.30. The van der Waals surface area contributed by atoms with Crippen molar-refractivity contribution in [3.05, 3.63) is 35.9 Å². The van der Waals surface area contributed by atoms with Crippen molar-refractivity contribution in [2.24, 2.45) is 0 Å². The van der Waals surface area contributed by atoms with Gasteiger partial charge in [0, 0.05) is 18.7 Å².